The van der Waals surface area contributed by atoms with Crippen molar-refractivity contribution in [3.8, 4) is 0 Å². The van der Waals surface area contributed by atoms with Crippen LogP contribution in [-0.2, 0) is 11.3 Å². The number of hydrogen-bond donors (Lipinski definition) is 1. The van der Waals surface area contributed by atoms with E-state index in [1.165, 1.54) is 29.8 Å². The van der Waals surface area contributed by atoms with E-state index in [2.05, 4.69) is 10.4 Å². The molecule has 18 heavy (non-hydrogen) atoms. The number of nitro groups is 1. The van der Waals surface area contributed by atoms with Crippen molar-refractivity contribution in [1.29, 1.82) is 0 Å². The van der Waals surface area contributed by atoms with E-state index in [1.807, 2.05) is 0 Å². The number of nitrogens with zero attached hydrogens (tertiary/aromatic N) is 3. The van der Waals surface area contributed by atoms with Crippen molar-refractivity contribution in [3.05, 3.63) is 22.4 Å². The summed E-state index contributed by atoms with van der Waals surface area (Å²) in [5, 5.41) is 17.1. The van der Waals surface area contributed by atoms with E-state index in [0.29, 0.717) is 19.0 Å². The summed E-state index contributed by atoms with van der Waals surface area (Å²) in [5.41, 5.74) is 0. The van der Waals surface area contributed by atoms with Gasteiger partial charge in [-0.3, -0.25) is 4.79 Å². The molecule has 0 aliphatic heterocycles. The normalized spacial score (nSPS) is 15.8. The first-order valence-electron chi connectivity index (χ1n) is 6.12. The van der Waals surface area contributed by atoms with Gasteiger partial charge in [0.1, 0.15) is 0 Å². The molecule has 0 unspecified atom stereocenters. The summed E-state index contributed by atoms with van der Waals surface area (Å²) >= 11 is 0. The SMILES string of the molecule is O=C(CCn1ccc([N+](=O)[O-])n1)NC1CCCC1. The minimum Gasteiger partial charge on any atom is -0.358 e. The molecule has 0 bridgehead atoms. The molecular weight excluding hydrogens is 236 g/mol. The highest BCUT2D eigenvalue weighted by atomic mass is 16.6. The number of aromatic nitrogens is 2. The molecule has 1 aromatic rings. The lowest BCUT2D eigenvalue weighted by Gasteiger charge is -2.10. The van der Waals surface area contributed by atoms with Gasteiger partial charge in [0, 0.05) is 12.5 Å². The molecular formula is C11H16N4O3. The summed E-state index contributed by atoms with van der Waals surface area (Å²) < 4.78 is 1.42. The third kappa shape index (κ3) is 3.28. The molecule has 0 radical (unpaired) electrons. The summed E-state index contributed by atoms with van der Waals surface area (Å²) in [6.07, 6.45) is 6.28. The minimum absolute atomic E-state index is 0.0138. The minimum atomic E-state index is -0.547. The molecule has 0 aromatic carbocycles. The van der Waals surface area contributed by atoms with Crippen LogP contribution in [0.3, 0.4) is 0 Å². The van der Waals surface area contributed by atoms with Crippen LogP contribution in [0.4, 0.5) is 5.82 Å². The number of carbonyl (C=O) groups excluding carboxylic acids is 1. The second-order valence-corrected chi connectivity index (χ2v) is 4.49. The van der Waals surface area contributed by atoms with E-state index in [1.54, 1.807) is 0 Å². The number of aryl methyl sites for hydroxylation is 1. The van der Waals surface area contributed by atoms with Crippen LogP contribution in [0.5, 0.6) is 0 Å². The fraction of sp³-hybridized carbons (Fsp3) is 0.636. The second-order valence-electron chi connectivity index (χ2n) is 4.49. The van der Waals surface area contributed by atoms with Crippen LogP contribution in [0.2, 0.25) is 0 Å². The third-order valence-corrected chi connectivity index (χ3v) is 3.10. The van der Waals surface area contributed by atoms with Gasteiger partial charge in [0.05, 0.1) is 23.9 Å². The summed E-state index contributed by atoms with van der Waals surface area (Å²) in [5.74, 6) is -0.203. The van der Waals surface area contributed by atoms with Crippen molar-refractivity contribution in [1.82, 2.24) is 15.1 Å². The number of rotatable bonds is 5. The van der Waals surface area contributed by atoms with Crippen molar-refractivity contribution in [2.24, 2.45) is 0 Å². The first kappa shape index (κ1) is 12.5. The molecule has 7 heteroatoms. The van der Waals surface area contributed by atoms with Crippen LogP contribution in [0.25, 0.3) is 0 Å². The van der Waals surface area contributed by atoms with Crippen LogP contribution in [0.15, 0.2) is 12.3 Å². The van der Waals surface area contributed by atoms with Crippen molar-refractivity contribution in [2.45, 2.75) is 44.7 Å². The smallest absolute Gasteiger partial charge is 0.358 e. The third-order valence-electron chi connectivity index (χ3n) is 3.10. The van der Waals surface area contributed by atoms with E-state index in [-0.39, 0.29) is 11.7 Å². The largest absolute Gasteiger partial charge is 0.389 e. The van der Waals surface area contributed by atoms with E-state index in [4.69, 9.17) is 0 Å². The quantitative estimate of drug-likeness (QED) is 0.630. The van der Waals surface area contributed by atoms with Gasteiger partial charge in [-0.05, 0) is 17.8 Å². The lowest BCUT2D eigenvalue weighted by Crippen LogP contribution is -2.33. The number of nitrogens with one attached hydrogen (secondary N) is 1. The molecule has 1 fully saturated rings. The second kappa shape index (κ2) is 5.61. The number of hydrogen-bond acceptors (Lipinski definition) is 4. The van der Waals surface area contributed by atoms with E-state index >= 15 is 0 Å². The Balaban J connectivity index is 1.76. The van der Waals surface area contributed by atoms with E-state index in [9.17, 15) is 14.9 Å². The number of carbonyl (C=O) groups is 1. The molecule has 2 rings (SSSR count). The van der Waals surface area contributed by atoms with Crippen LogP contribution in [-0.4, -0.2) is 26.7 Å². The molecule has 1 heterocycles. The maximum atomic E-state index is 11.6. The molecule has 1 N–H and O–H groups in total. The highest BCUT2D eigenvalue weighted by molar-refractivity contribution is 5.76. The Kier molecular flexibility index (Phi) is 3.91. The van der Waals surface area contributed by atoms with Gasteiger partial charge >= 0.3 is 5.82 Å². The summed E-state index contributed by atoms with van der Waals surface area (Å²) in [6.45, 7) is 0.367. The van der Waals surface area contributed by atoms with Crippen molar-refractivity contribution < 1.29 is 9.72 Å². The fourth-order valence-electron chi connectivity index (χ4n) is 2.16. The average molecular weight is 252 g/mol. The molecule has 1 aliphatic rings. The topological polar surface area (TPSA) is 90.1 Å². The molecule has 1 aromatic heterocycles. The van der Waals surface area contributed by atoms with Gasteiger partial charge in [-0.2, -0.15) is 4.68 Å². The molecule has 1 saturated carbocycles. The van der Waals surface area contributed by atoms with Crippen molar-refractivity contribution in [2.75, 3.05) is 0 Å². The summed E-state index contributed by atoms with van der Waals surface area (Å²) in [7, 11) is 0. The zero-order valence-corrected chi connectivity index (χ0v) is 10.0. The van der Waals surface area contributed by atoms with Crippen LogP contribution in [0.1, 0.15) is 32.1 Å². The van der Waals surface area contributed by atoms with Gasteiger partial charge in [0.25, 0.3) is 0 Å². The molecule has 1 aliphatic carbocycles. The van der Waals surface area contributed by atoms with Crippen LogP contribution in [0, 0.1) is 10.1 Å². The molecule has 7 nitrogen and oxygen atoms in total. The maximum Gasteiger partial charge on any atom is 0.389 e. The Hall–Kier alpha value is -1.92. The Bertz CT molecular complexity index is 437. The van der Waals surface area contributed by atoms with Gasteiger partial charge < -0.3 is 15.4 Å². The highest BCUT2D eigenvalue weighted by Crippen LogP contribution is 2.17. The van der Waals surface area contributed by atoms with Gasteiger partial charge in [0.15, 0.2) is 0 Å². The van der Waals surface area contributed by atoms with Crippen LogP contribution >= 0.6 is 0 Å². The Morgan fingerprint density at radius 3 is 2.89 bits per heavy atom. The molecule has 0 saturated heterocycles. The van der Waals surface area contributed by atoms with Gasteiger partial charge in [-0.15, -0.1) is 0 Å². The lowest BCUT2D eigenvalue weighted by molar-refractivity contribution is -0.389. The Morgan fingerprint density at radius 1 is 1.56 bits per heavy atom. The highest BCUT2D eigenvalue weighted by Gasteiger charge is 2.17. The molecule has 0 atom stereocenters. The first-order valence-corrected chi connectivity index (χ1v) is 6.12. The molecule has 98 valence electrons. The standard InChI is InChI=1S/C11H16N4O3/c16-11(12-9-3-1-2-4-9)6-8-14-7-5-10(13-14)15(17)18/h5,7,9H,1-4,6,8H2,(H,12,16). The average Bonchev–Trinajstić information content (AvgIpc) is 2.96. The lowest BCUT2D eigenvalue weighted by atomic mass is 10.2. The summed E-state index contributed by atoms with van der Waals surface area (Å²) in [6, 6.07) is 1.64. The summed E-state index contributed by atoms with van der Waals surface area (Å²) in [4.78, 5) is 21.5. The molecule has 0 spiro atoms. The van der Waals surface area contributed by atoms with E-state index < -0.39 is 4.92 Å². The first-order chi connectivity index (χ1) is 8.65. The van der Waals surface area contributed by atoms with Crippen molar-refractivity contribution in [3.63, 3.8) is 0 Å². The Labute approximate surface area is 104 Å². The van der Waals surface area contributed by atoms with Crippen LogP contribution < -0.4 is 5.32 Å². The van der Waals surface area contributed by atoms with Gasteiger partial charge in [-0.1, -0.05) is 12.8 Å². The maximum absolute atomic E-state index is 11.6. The monoisotopic (exact) mass is 252 g/mol. The van der Waals surface area contributed by atoms with Gasteiger partial charge in [0.2, 0.25) is 5.91 Å². The zero-order chi connectivity index (χ0) is 13.0. The van der Waals surface area contributed by atoms with Gasteiger partial charge in [-0.25, -0.2) is 0 Å². The Morgan fingerprint density at radius 2 is 2.28 bits per heavy atom. The predicted molar refractivity (Wildman–Crippen MR) is 63.9 cm³/mol. The zero-order valence-electron chi connectivity index (χ0n) is 10.0. The van der Waals surface area contributed by atoms with Crippen molar-refractivity contribution >= 4 is 11.7 Å². The fourth-order valence-corrected chi connectivity index (χ4v) is 2.16. The number of amides is 1. The van der Waals surface area contributed by atoms with E-state index in [0.717, 1.165) is 12.8 Å². The predicted octanol–water partition coefficient (Wildman–Crippen LogP) is 1.24. The molecule has 1 amide bonds.